The summed E-state index contributed by atoms with van der Waals surface area (Å²) in [5.74, 6) is 0.206. The number of benzene rings is 2. The molecule has 0 atom stereocenters. The molecule has 5 nitrogen and oxygen atoms in total. The van der Waals surface area contributed by atoms with E-state index >= 15 is 0 Å². The fourth-order valence-electron chi connectivity index (χ4n) is 2.41. The maximum absolute atomic E-state index is 12.3. The summed E-state index contributed by atoms with van der Waals surface area (Å²) in [7, 11) is -3.56. The minimum atomic E-state index is -3.56. The number of rotatable bonds is 7. The molecule has 1 amide bonds. The summed E-state index contributed by atoms with van der Waals surface area (Å²) in [6, 6.07) is 11.4. The summed E-state index contributed by atoms with van der Waals surface area (Å²) in [6.07, 6.45) is 1.12. The van der Waals surface area contributed by atoms with Gasteiger partial charge in [0.15, 0.2) is 0 Å². The smallest absolute Gasteiger partial charge is 0.251 e. The third kappa shape index (κ3) is 6.41. The van der Waals surface area contributed by atoms with E-state index in [4.69, 9.17) is 23.2 Å². The average molecular weight is 429 g/mol. The van der Waals surface area contributed by atoms with Gasteiger partial charge in [0.25, 0.3) is 5.91 Å². The van der Waals surface area contributed by atoms with Crippen LogP contribution in [-0.4, -0.2) is 27.1 Å². The summed E-state index contributed by atoms with van der Waals surface area (Å²) < 4.78 is 25.7. The van der Waals surface area contributed by atoms with Crippen molar-refractivity contribution in [3.63, 3.8) is 0 Å². The number of nitrogens with one attached hydrogen (secondary N) is 1. The second-order valence-electron chi connectivity index (χ2n) is 6.70. The van der Waals surface area contributed by atoms with Crippen molar-refractivity contribution in [1.82, 2.24) is 5.32 Å². The lowest BCUT2D eigenvalue weighted by Crippen LogP contribution is -2.29. The number of sulfonamides is 1. The number of anilines is 1. The van der Waals surface area contributed by atoms with Crippen LogP contribution in [-0.2, 0) is 16.6 Å². The number of hydrogen-bond donors (Lipinski definition) is 1. The van der Waals surface area contributed by atoms with Gasteiger partial charge in [0, 0.05) is 22.2 Å². The number of nitrogens with zero attached hydrogens (tertiary/aromatic N) is 1. The van der Waals surface area contributed by atoms with E-state index < -0.39 is 10.0 Å². The molecule has 0 unspecified atom stereocenters. The van der Waals surface area contributed by atoms with E-state index in [9.17, 15) is 13.2 Å². The van der Waals surface area contributed by atoms with Crippen LogP contribution in [0.3, 0.4) is 0 Å². The quantitative estimate of drug-likeness (QED) is 0.712. The second kappa shape index (κ2) is 8.95. The predicted molar refractivity (Wildman–Crippen MR) is 111 cm³/mol. The zero-order valence-corrected chi connectivity index (χ0v) is 17.7. The Bertz CT molecular complexity index is 893. The summed E-state index contributed by atoms with van der Waals surface area (Å²) >= 11 is 12.0. The molecule has 27 heavy (non-hydrogen) atoms. The number of halogens is 2. The zero-order chi connectivity index (χ0) is 20.2. The molecule has 1 N–H and O–H groups in total. The molecular formula is C19H22Cl2N2O3S. The third-order valence-corrected chi connectivity index (χ3v) is 5.33. The van der Waals surface area contributed by atoms with E-state index in [-0.39, 0.29) is 12.5 Å². The highest BCUT2D eigenvalue weighted by Crippen LogP contribution is 2.28. The molecule has 2 aromatic carbocycles. The van der Waals surface area contributed by atoms with Gasteiger partial charge in [-0.25, -0.2) is 8.42 Å². The van der Waals surface area contributed by atoms with Crippen molar-refractivity contribution in [3.05, 3.63) is 63.6 Å². The van der Waals surface area contributed by atoms with Crippen molar-refractivity contribution in [1.29, 1.82) is 0 Å². The third-order valence-electron chi connectivity index (χ3n) is 3.75. The van der Waals surface area contributed by atoms with E-state index in [0.29, 0.717) is 33.8 Å². The monoisotopic (exact) mass is 428 g/mol. The molecule has 0 aliphatic heterocycles. The van der Waals surface area contributed by atoms with Crippen LogP contribution in [0.4, 0.5) is 5.69 Å². The Morgan fingerprint density at radius 2 is 1.63 bits per heavy atom. The Balaban J connectivity index is 2.22. The molecule has 8 heteroatoms. The Kier molecular flexibility index (Phi) is 7.14. The highest BCUT2D eigenvalue weighted by atomic mass is 35.5. The minimum Gasteiger partial charge on any atom is -0.352 e. The number of carbonyl (C=O) groups is 1. The normalized spacial score (nSPS) is 11.5. The van der Waals surface area contributed by atoms with Crippen LogP contribution < -0.4 is 9.62 Å². The topological polar surface area (TPSA) is 66.5 Å². The molecular weight excluding hydrogens is 407 g/mol. The van der Waals surface area contributed by atoms with Gasteiger partial charge in [0.1, 0.15) is 0 Å². The lowest BCUT2D eigenvalue weighted by atomic mass is 10.1. The zero-order valence-electron chi connectivity index (χ0n) is 15.4. The van der Waals surface area contributed by atoms with Gasteiger partial charge in [-0.15, -0.1) is 0 Å². The maximum atomic E-state index is 12.3. The summed E-state index contributed by atoms with van der Waals surface area (Å²) in [5, 5.41) is 3.55. The number of amides is 1. The summed E-state index contributed by atoms with van der Waals surface area (Å²) in [6.45, 7) is 4.73. The van der Waals surface area contributed by atoms with Crippen LogP contribution >= 0.6 is 23.2 Å². The molecule has 2 aromatic rings. The fourth-order valence-corrected chi connectivity index (χ4v) is 3.80. The van der Waals surface area contributed by atoms with E-state index in [1.807, 2.05) is 13.8 Å². The number of hydrogen-bond acceptors (Lipinski definition) is 3. The van der Waals surface area contributed by atoms with Crippen LogP contribution in [0.25, 0.3) is 0 Å². The van der Waals surface area contributed by atoms with Gasteiger partial charge in [0.05, 0.1) is 18.5 Å². The highest BCUT2D eigenvalue weighted by Gasteiger charge is 2.19. The molecule has 0 spiro atoms. The Hall–Kier alpha value is -1.76. The van der Waals surface area contributed by atoms with Gasteiger partial charge >= 0.3 is 0 Å². The van der Waals surface area contributed by atoms with Crippen molar-refractivity contribution in [2.45, 2.75) is 20.4 Å². The molecule has 146 valence electrons. The Morgan fingerprint density at radius 1 is 1.07 bits per heavy atom. The van der Waals surface area contributed by atoms with Crippen molar-refractivity contribution in [2.75, 3.05) is 17.1 Å². The molecule has 2 rings (SSSR count). The van der Waals surface area contributed by atoms with E-state index in [1.54, 1.807) is 36.4 Å². The first-order chi connectivity index (χ1) is 12.6. The van der Waals surface area contributed by atoms with Gasteiger partial charge in [-0.2, -0.15) is 0 Å². The van der Waals surface area contributed by atoms with Crippen molar-refractivity contribution >= 4 is 44.8 Å². The van der Waals surface area contributed by atoms with Crippen LogP contribution in [0.15, 0.2) is 42.5 Å². The SMILES string of the molecule is CC(C)CNC(=O)c1ccc(CN(c2cc(Cl)cc(Cl)c2)S(C)(=O)=O)cc1. The van der Waals surface area contributed by atoms with Crippen LogP contribution in [0.2, 0.25) is 10.0 Å². The number of carbonyl (C=O) groups excluding carboxylic acids is 1. The fraction of sp³-hybridized carbons (Fsp3) is 0.316. The van der Waals surface area contributed by atoms with Crippen molar-refractivity contribution < 1.29 is 13.2 Å². The average Bonchev–Trinajstić information content (AvgIpc) is 2.56. The molecule has 0 aromatic heterocycles. The molecule has 0 radical (unpaired) electrons. The van der Waals surface area contributed by atoms with Gasteiger partial charge in [-0.1, -0.05) is 49.2 Å². The highest BCUT2D eigenvalue weighted by molar-refractivity contribution is 7.92. The standard InChI is InChI=1S/C19H22Cl2N2O3S/c1-13(2)11-22-19(24)15-6-4-14(5-7-15)12-23(27(3,25)26)18-9-16(20)8-17(21)10-18/h4-10,13H,11-12H2,1-3H3,(H,22,24). The first-order valence-corrected chi connectivity index (χ1v) is 11.0. The van der Waals surface area contributed by atoms with Crippen LogP contribution in [0.1, 0.15) is 29.8 Å². The molecule has 0 aliphatic carbocycles. The molecule has 0 saturated heterocycles. The Labute approximate surface area is 170 Å². The molecule has 0 saturated carbocycles. The molecule has 0 bridgehead atoms. The van der Waals surface area contributed by atoms with E-state index in [1.165, 1.54) is 10.4 Å². The summed E-state index contributed by atoms with van der Waals surface area (Å²) in [5.41, 5.74) is 1.64. The van der Waals surface area contributed by atoms with Gasteiger partial charge in [-0.05, 0) is 41.8 Å². The summed E-state index contributed by atoms with van der Waals surface area (Å²) in [4.78, 5) is 12.1. The van der Waals surface area contributed by atoms with Gasteiger partial charge < -0.3 is 5.32 Å². The van der Waals surface area contributed by atoms with Crippen LogP contribution in [0, 0.1) is 5.92 Å². The first-order valence-electron chi connectivity index (χ1n) is 8.37. The van der Waals surface area contributed by atoms with E-state index in [2.05, 4.69) is 5.32 Å². The lowest BCUT2D eigenvalue weighted by Gasteiger charge is -2.23. The second-order valence-corrected chi connectivity index (χ2v) is 9.48. The minimum absolute atomic E-state index is 0.101. The predicted octanol–water partition coefficient (Wildman–Crippen LogP) is 4.35. The Morgan fingerprint density at radius 3 is 2.11 bits per heavy atom. The molecule has 0 fully saturated rings. The first kappa shape index (κ1) is 21.5. The largest absolute Gasteiger partial charge is 0.352 e. The maximum Gasteiger partial charge on any atom is 0.251 e. The molecule has 0 aliphatic rings. The van der Waals surface area contributed by atoms with Gasteiger partial charge in [0.2, 0.25) is 10.0 Å². The van der Waals surface area contributed by atoms with Crippen molar-refractivity contribution in [2.24, 2.45) is 5.92 Å². The molecule has 0 heterocycles. The van der Waals surface area contributed by atoms with E-state index in [0.717, 1.165) is 11.8 Å². The lowest BCUT2D eigenvalue weighted by molar-refractivity contribution is 0.0949. The van der Waals surface area contributed by atoms with Crippen molar-refractivity contribution in [3.8, 4) is 0 Å². The van der Waals surface area contributed by atoms with Gasteiger partial charge in [-0.3, -0.25) is 9.10 Å². The van der Waals surface area contributed by atoms with Crippen LogP contribution in [0.5, 0.6) is 0 Å².